The first-order valence-corrected chi connectivity index (χ1v) is 6.44. The fourth-order valence-electron chi connectivity index (χ4n) is 2.04. The number of halogens is 1. The molecule has 1 aromatic rings. The number of nitrogen functional groups attached to an aromatic ring is 1. The van der Waals surface area contributed by atoms with Crippen LogP contribution in [-0.4, -0.2) is 49.7 Å². The summed E-state index contributed by atoms with van der Waals surface area (Å²) in [5.74, 6) is -0.849. The number of ether oxygens (including phenoxy) is 2. The summed E-state index contributed by atoms with van der Waals surface area (Å²) in [7, 11) is 1.27. The largest absolute Gasteiger partial charge is 0.467 e. The van der Waals surface area contributed by atoms with Gasteiger partial charge >= 0.3 is 5.97 Å². The van der Waals surface area contributed by atoms with Crippen molar-refractivity contribution in [2.75, 3.05) is 32.6 Å². The zero-order chi connectivity index (χ0) is 14.7. The molecule has 7 heteroatoms. The molecule has 1 aliphatic heterocycles. The maximum absolute atomic E-state index is 12.5. The third kappa shape index (κ3) is 2.86. The van der Waals surface area contributed by atoms with Gasteiger partial charge in [0.1, 0.15) is 0 Å². The van der Waals surface area contributed by atoms with Gasteiger partial charge in [-0.25, -0.2) is 4.79 Å². The Kier molecular flexibility index (Phi) is 4.46. The van der Waals surface area contributed by atoms with E-state index >= 15 is 0 Å². The van der Waals surface area contributed by atoms with Crippen molar-refractivity contribution in [2.45, 2.75) is 6.04 Å². The highest BCUT2D eigenvalue weighted by Gasteiger charge is 2.34. The van der Waals surface area contributed by atoms with Crippen LogP contribution >= 0.6 is 11.6 Å². The molecule has 1 atom stereocenters. The Hall–Kier alpha value is -1.79. The second kappa shape index (κ2) is 6.11. The lowest BCUT2D eigenvalue weighted by atomic mass is 10.1. The summed E-state index contributed by atoms with van der Waals surface area (Å²) in [6.45, 7) is 0.788. The number of carbonyl (C=O) groups excluding carboxylic acids is 2. The Morgan fingerprint density at radius 1 is 1.50 bits per heavy atom. The van der Waals surface area contributed by atoms with Crippen LogP contribution in [0, 0.1) is 0 Å². The maximum Gasteiger partial charge on any atom is 0.331 e. The lowest BCUT2D eigenvalue weighted by Gasteiger charge is -2.33. The van der Waals surface area contributed by atoms with Gasteiger partial charge < -0.3 is 20.1 Å². The molecule has 0 bridgehead atoms. The van der Waals surface area contributed by atoms with E-state index in [2.05, 4.69) is 4.74 Å². The molecule has 0 aliphatic carbocycles. The Bertz CT molecular complexity index is 535. The van der Waals surface area contributed by atoms with Crippen LogP contribution in [-0.2, 0) is 14.3 Å². The minimum absolute atomic E-state index is 0.116. The zero-order valence-corrected chi connectivity index (χ0v) is 11.7. The third-order valence-corrected chi connectivity index (χ3v) is 3.40. The average molecular weight is 299 g/mol. The molecule has 1 amide bonds. The third-order valence-electron chi connectivity index (χ3n) is 3.09. The fourth-order valence-corrected chi connectivity index (χ4v) is 2.31. The summed E-state index contributed by atoms with van der Waals surface area (Å²) in [5.41, 5.74) is 6.37. The summed E-state index contributed by atoms with van der Waals surface area (Å²) >= 11 is 6.03. The van der Waals surface area contributed by atoms with Gasteiger partial charge in [0.2, 0.25) is 0 Å². The Balaban J connectivity index is 2.27. The van der Waals surface area contributed by atoms with E-state index in [0.29, 0.717) is 24.4 Å². The van der Waals surface area contributed by atoms with Crippen LogP contribution < -0.4 is 5.73 Å². The van der Waals surface area contributed by atoms with Gasteiger partial charge in [-0.2, -0.15) is 0 Å². The number of hydrogen-bond acceptors (Lipinski definition) is 5. The van der Waals surface area contributed by atoms with E-state index in [4.69, 9.17) is 22.1 Å². The van der Waals surface area contributed by atoms with Crippen molar-refractivity contribution in [3.8, 4) is 0 Å². The highest BCUT2D eigenvalue weighted by Crippen LogP contribution is 2.22. The number of nitrogens with zero attached hydrogens (tertiary/aromatic N) is 1. The van der Waals surface area contributed by atoms with Gasteiger partial charge in [-0.15, -0.1) is 0 Å². The Morgan fingerprint density at radius 2 is 2.25 bits per heavy atom. The molecule has 1 saturated heterocycles. The highest BCUT2D eigenvalue weighted by atomic mass is 35.5. The second-order valence-electron chi connectivity index (χ2n) is 4.35. The molecule has 0 aromatic heterocycles. The number of hydrogen-bond donors (Lipinski definition) is 1. The van der Waals surface area contributed by atoms with Crippen LogP contribution in [0.4, 0.5) is 5.69 Å². The van der Waals surface area contributed by atoms with E-state index in [9.17, 15) is 9.59 Å². The van der Waals surface area contributed by atoms with Crippen molar-refractivity contribution < 1.29 is 19.1 Å². The topological polar surface area (TPSA) is 81.9 Å². The van der Waals surface area contributed by atoms with E-state index in [0.717, 1.165) is 0 Å². The lowest BCUT2D eigenvalue weighted by molar-refractivity contribution is -0.151. The molecule has 1 unspecified atom stereocenters. The molecule has 1 heterocycles. The van der Waals surface area contributed by atoms with Crippen LogP contribution in [0.3, 0.4) is 0 Å². The fraction of sp³-hybridized carbons (Fsp3) is 0.385. The molecule has 0 radical (unpaired) electrons. The van der Waals surface area contributed by atoms with Crippen molar-refractivity contribution in [2.24, 2.45) is 0 Å². The number of morpholine rings is 1. The summed E-state index contributed by atoms with van der Waals surface area (Å²) in [4.78, 5) is 25.6. The van der Waals surface area contributed by atoms with Gasteiger partial charge in [-0.1, -0.05) is 11.6 Å². The van der Waals surface area contributed by atoms with Crippen LogP contribution in [0.1, 0.15) is 10.4 Å². The number of nitrogens with two attached hydrogens (primary N) is 1. The van der Waals surface area contributed by atoms with Crippen LogP contribution in [0.15, 0.2) is 18.2 Å². The van der Waals surface area contributed by atoms with Crippen molar-refractivity contribution in [1.29, 1.82) is 0 Å². The van der Waals surface area contributed by atoms with Crippen molar-refractivity contribution >= 4 is 29.2 Å². The van der Waals surface area contributed by atoms with E-state index in [-0.39, 0.29) is 17.5 Å². The molecule has 2 rings (SSSR count). The average Bonchev–Trinajstić information content (AvgIpc) is 2.46. The molecule has 2 N–H and O–H groups in total. The molecular weight excluding hydrogens is 284 g/mol. The van der Waals surface area contributed by atoms with E-state index < -0.39 is 12.0 Å². The number of carbonyl (C=O) groups is 2. The SMILES string of the molecule is COC(=O)C1COCCN1C(=O)c1ccc(N)cc1Cl. The number of esters is 1. The Morgan fingerprint density at radius 3 is 2.90 bits per heavy atom. The number of rotatable bonds is 2. The Labute approximate surface area is 121 Å². The molecule has 0 saturated carbocycles. The number of amides is 1. The molecule has 20 heavy (non-hydrogen) atoms. The quantitative estimate of drug-likeness (QED) is 0.649. The van der Waals surface area contributed by atoms with E-state index in [1.165, 1.54) is 18.1 Å². The van der Waals surface area contributed by atoms with E-state index in [1.807, 2.05) is 0 Å². The minimum atomic E-state index is -0.755. The van der Waals surface area contributed by atoms with E-state index in [1.54, 1.807) is 12.1 Å². The molecule has 108 valence electrons. The van der Waals surface area contributed by atoms with Gasteiger partial charge in [0, 0.05) is 12.2 Å². The molecule has 1 aromatic carbocycles. The smallest absolute Gasteiger partial charge is 0.331 e. The van der Waals surface area contributed by atoms with Gasteiger partial charge in [0.05, 0.1) is 30.9 Å². The number of benzene rings is 1. The molecule has 6 nitrogen and oxygen atoms in total. The molecular formula is C13H15ClN2O4. The standard InChI is InChI=1S/C13H15ClN2O4/c1-19-13(18)11-7-20-5-4-16(11)12(17)9-3-2-8(15)6-10(9)14/h2-3,6,11H,4-5,7,15H2,1H3. The van der Waals surface area contributed by atoms with Gasteiger partial charge in [0.25, 0.3) is 5.91 Å². The summed E-state index contributed by atoms with van der Waals surface area (Å²) in [6, 6.07) is 3.88. The van der Waals surface area contributed by atoms with Crippen LogP contribution in [0.2, 0.25) is 5.02 Å². The lowest BCUT2D eigenvalue weighted by Crippen LogP contribution is -2.53. The first-order chi connectivity index (χ1) is 9.54. The minimum Gasteiger partial charge on any atom is -0.467 e. The molecule has 1 aliphatic rings. The van der Waals surface area contributed by atoms with Gasteiger partial charge in [-0.05, 0) is 18.2 Å². The number of methoxy groups -OCH3 is 1. The summed E-state index contributed by atoms with van der Waals surface area (Å²) < 4.78 is 9.91. The normalized spacial score (nSPS) is 18.7. The maximum atomic E-state index is 12.5. The second-order valence-corrected chi connectivity index (χ2v) is 4.76. The molecule has 0 spiro atoms. The van der Waals surface area contributed by atoms with Gasteiger partial charge in [0.15, 0.2) is 6.04 Å². The summed E-state index contributed by atoms with van der Waals surface area (Å²) in [5, 5.41) is 0.255. The van der Waals surface area contributed by atoms with Crippen molar-refractivity contribution in [3.05, 3.63) is 28.8 Å². The number of anilines is 1. The van der Waals surface area contributed by atoms with Gasteiger partial charge in [-0.3, -0.25) is 4.79 Å². The predicted octanol–water partition coefficient (Wildman–Crippen LogP) is 0.936. The summed E-state index contributed by atoms with van der Waals surface area (Å²) in [6.07, 6.45) is 0. The first kappa shape index (κ1) is 14.6. The van der Waals surface area contributed by atoms with Crippen LogP contribution in [0.25, 0.3) is 0 Å². The van der Waals surface area contributed by atoms with Crippen LogP contribution in [0.5, 0.6) is 0 Å². The van der Waals surface area contributed by atoms with Crippen molar-refractivity contribution in [3.63, 3.8) is 0 Å². The van der Waals surface area contributed by atoms with Crippen molar-refractivity contribution in [1.82, 2.24) is 4.90 Å². The molecule has 1 fully saturated rings. The highest BCUT2D eigenvalue weighted by molar-refractivity contribution is 6.34. The zero-order valence-electron chi connectivity index (χ0n) is 11.0. The predicted molar refractivity (Wildman–Crippen MR) is 73.5 cm³/mol. The monoisotopic (exact) mass is 298 g/mol. The first-order valence-electron chi connectivity index (χ1n) is 6.06.